The quantitative estimate of drug-likeness (QED) is 0.554. The van der Waals surface area contributed by atoms with Crippen molar-refractivity contribution in [2.24, 2.45) is 0 Å². The number of ether oxygens (including phenoxy) is 1. The molecule has 0 spiro atoms. The summed E-state index contributed by atoms with van der Waals surface area (Å²) in [5, 5.41) is 6.06. The van der Waals surface area contributed by atoms with E-state index >= 15 is 0 Å². The van der Waals surface area contributed by atoms with Crippen LogP contribution < -0.4 is 16.4 Å². The number of nitrogens with two attached hydrogens (primary N) is 1. The lowest BCUT2D eigenvalue weighted by molar-refractivity contribution is -0.119. The van der Waals surface area contributed by atoms with Crippen molar-refractivity contribution in [3.63, 3.8) is 0 Å². The van der Waals surface area contributed by atoms with E-state index < -0.39 is 0 Å². The molecule has 6 heteroatoms. The fourth-order valence-corrected chi connectivity index (χ4v) is 2.13. The first-order valence-electron chi connectivity index (χ1n) is 6.70. The molecular weight excluding hydrogens is 258 g/mol. The first kappa shape index (κ1) is 14.2. The lowest BCUT2D eigenvalue weighted by Gasteiger charge is -2.14. The summed E-state index contributed by atoms with van der Waals surface area (Å²) in [6.45, 7) is 2.71. The zero-order valence-electron chi connectivity index (χ0n) is 11.4. The van der Waals surface area contributed by atoms with Crippen LogP contribution in [0, 0.1) is 0 Å². The maximum Gasteiger partial charge on any atom is 0.338 e. The van der Waals surface area contributed by atoms with Crippen LogP contribution in [0.3, 0.4) is 0 Å². The summed E-state index contributed by atoms with van der Waals surface area (Å²) in [5.41, 5.74) is 7.58. The van der Waals surface area contributed by atoms with Gasteiger partial charge in [0.15, 0.2) is 0 Å². The smallest absolute Gasteiger partial charge is 0.338 e. The van der Waals surface area contributed by atoms with Crippen molar-refractivity contribution < 1.29 is 14.3 Å². The van der Waals surface area contributed by atoms with Crippen molar-refractivity contribution in [2.45, 2.75) is 25.8 Å². The first-order chi connectivity index (χ1) is 9.60. The van der Waals surface area contributed by atoms with Gasteiger partial charge in [0.25, 0.3) is 0 Å². The number of carbonyl (C=O) groups is 2. The van der Waals surface area contributed by atoms with E-state index in [1.807, 2.05) is 0 Å². The van der Waals surface area contributed by atoms with Crippen LogP contribution >= 0.6 is 0 Å². The zero-order chi connectivity index (χ0) is 14.5. The summed E-state index contributed by atoms with van der Waals surface area (Å²) in [4.78, 5) is 22.7. The summed E-state index contributed by atoms with van der Waals surface area (Å²) in [7, 11) is 0. The molecule has 1 aromatic carbocycles. The Morgan fingerprint density at radius 3 is 2.95 bits per heavy atom. The molecule has 6 nitrogen and oxygen atoms in total. The number of hydrogen-bond acceptors (Lipinski definition) is 5. The van der Waals surface area contributed by atoms with Crippen LogP contribution in [0.25, 0.3) is 0 Å². The first-order valence-corrected chi connectivity index (χ1v) is 6.70. The molecule has 1 aliphatic rings. The molecule has 0 bridgehead atoms. The van der Waals surface area contributed by atoms with Crippen molar-refractivity contribution in [2.75, 3.05) is 24.2 Å². The summed E-state index contributed by atoms with van der Waals surface area (Å²) in [6.07, 6.45) is 1.40. The standard InChI is InChI=1S/C14H19N3O3/c1-2-20-14(19)9-3-5-12(11(15)7-9)16-8-10-4-6-13(18)17-10/h3,5,7,10,16H,2,4,6,8,15H2,1H3,(H,17,18). The van der Waals surface area contributed by atoms with E-state index in [0.29, 0.717) is 30.8 Å². The summed E-state index contributed by atoms with van der Waals surface area (Å²) in [5.74, 6) is -0.295. The molecule has 0 radical (unpaired) electrons. The maximum absolute atomic E-state index is 11.6. The number of hydrogen-bond donors (Lipinski definition) is 3. The van der Waals surface area contributed by atoms with Gasteiger partial charge in [-0.25, -0.2) is 4.79 Å². The molecule has 1 saturated heterocycles. The Labute approximate surface area is 117 Å². The highest BCUT2D eigenvalue weighted by atomic mass is 16.5. The van der Waals surface area contributed by atoms with Crippen LogP contribution in [0.1, 0.15) is 30.1 Å². The summed E-state index contributed by atoms with van der Waals surface area (Å²) in [6, 6.07) is 5.14. The van der Waals surface area contributed by atoms with Gasteiger partial charge in [-0.15, -0.1) is 0 Å². The maximum atomic E-state index is 11.6. The van der Waals surface area contributed by atoms with Gasteiger partial charge in [-0.2, -0.15) is 0 Å². The number of nitrogens with one attached hydrogen (secondary N) is 2. The fourth-order valence-electron chi connectivity index (χ4n) is 2.13. The number of anilines is 2. The minimum Gasteiger partial charge on any atom is -0.462 e. The van der Waals surface area contributed by atoms with E-state index in [0.717, 1.165) is 12.1 Å². The molecule has 1 heterocycles. The second-order valence-electron chi connectivity index (χ2n) is 4.71. The Balaban J connectivity index is 1.95. The molecule has 4 N–H and O–H groups in total. The van der Waals surface area contributed by atoms with Crippen LogP contribution in [0.2, 0.25) is 0 Å². The molecule has 1 aromatic rings. The minimum atomic E-state index is -0.381. The third-order valence-electron chi connectivity index (χ3n) is 3.19. The van der Waals surface area contributed by atoms with Gasteiger partial charge in [-0.1, -0.05) is 0 Å². The highest BCUT2D eigenvalue weighted by Crippen LogP contribution is 2.21. The van der Waals surface area contributed by atoms with Gasteiger partial charge >= 0.3 is 5.97 Å². The normalized spacial score (nSPS) is 17.6. The molecule has 20 heavy (non-hydrogen) atoms. The van der Waals surface area contributed by atoms with Gasteiger partial charge in [-0.3, -0.25) is 4.79 Å². The van der Waals surface area contributed by atoms with E-state index in [-0.39, 0.29) is 17.9 Å². The number of rotatable bonds is 5. The molecule has 0 saturated carbocycles. The number of esters is 1. The number of nitrogen functional groups attached to an aromatic ring is 1. The number of benzene rings is 1. The minimum absolute atomic E-state index is 0.0856. The van der Waals surface area contributed by atoms with E-state index in [1.165, 1.54) is 0 Å². The second-order valence-corrected chi connectivity index (χ2v) is 4.71. The third kappa shape index (κ3) is 3.40. The zero-order valence-corrected chi connectivity index (χ0v) is 11.4. The van der Waals surface area contributed by atoms with Crippen molar-refractivity contribution in [1.29, 1.82) is 0 Å². The van der Waals surface area contributed by atoms with Gasteiger partial charge in [-0.05, 0) is 31.5 Å². The number of amides is 1. The van der Waals surface area contributed by atoms with E-state index in [2.05, 4.69) is 10.6 Å². The molecule has 1 atom stereocenters. The van der Waals surface area contributed by atoms with E-state index in [9.17, 15) is 9.59 Å². The monoisotopic (exact) mass is 277 g/mol. The average molecular weight is 277 g/mol. The molecule has 2 rings (SSSR count). The summed E-state index contributed by atoms with van der Waals surface area (Å²) >= 11 is 0. The molecule has 1 unspecified atom stereocenters. The molecule has 1 fully saturated rings. The van der Waals surface area contributed by atoms with Gasteiger partial charge in [0.2, 0.25) is 5.91 Å². The Bertz CT molecular complexity index is 516. The van der Waals surface area contributed by atoms with Crippen molar-refractivity contribution >= 4 is 23.3 Å². The topological polar surface area (TPSA) is 93.4 Å². The van der Waals surface area contributed by atoms with Crippen LogP contribution in [0.4, 0.5) is 11.4 Å². The molecule has 0 aliphatic carbocycles. The Morgan fingerprint density at radius 2 is 2.35 bits per heavy atom. The molecule has 0 aromatic heterocycles. The van der Waals surface area contributed by atoms with Crippen molar-refractivity contribution in [3.8, 4) is 0 Å². The van der Waals surface area contributed by atoms with Crippen molar-refractivity contribution in [3.05, 3.63) is 23.8 Å². The number of carbonyl (C=O) groups excluding carboxylic acids is 2. The van der Waals surface area contributed by atoms with Crippen LogP contribution in [0.5, 0.6) is 0 Å². The Kier molecular flexibility index (Phi) is 4.45. The fraction of sp³-hybridized carbons (Fsp3) is 0.429. The SMILES string of the molecule is CCOC(=O)c1ccc(NCC2CCC(=O)N2)c(N)c1. The predicted octanol–water partition coefficient (Wildman–Crippen LogP) is 1.14. The van der Waals surface area contributed by atoms with Gasteiger partial charge in [0.05, 0.1) is 23.5 Å². The van der Waals surface area contributed by atoms with Crippen LogP contribution in [0.15, 0.2) is 18.2 Å². The summed E-state index contributed by atoms with van der Waals surface area (Å²) < 4.78 is 4.91. The Morgan fingerprint density at radius 1 is 1.55 bits per heavy atom. The van der Waals surface area contributed by atoms with E-state index in [4.69, 9.17) is 10.5 Å². The van der Waals surface area contributed by atoms with Gasteiger partial charge in [0, 0.05) is 19.0 Å². The lowest BCUT2D eigenvalue weighted by atomic mass is 10.1. The molecular formula is C14H19N3O3. The van der Waals surface area contributed by atoms with Crippen LogP contribution in [-0.4, -0.2) is 31.1 Å². The lowest BCUT2D eigenvalue weighted by Crippen LogP contribution is -2.31. The van der Waals surface area contributed by atoms with Gasteiger partial charge in [0.1, 0.15) is 0 Å². The van der Waals surface area contributed by atoms with Crippen molar-refractivity contribution in [1.82, 2.24) is 5.32 Å². The molecule has 108 valence electrons. The molecule has 1 aliphatic heterocycles. The van der Waals surface area contributed by atoms with Crippen LogP contribution in [-0.2, 0) is 9.53 Å². The molecule has 1 amide bonds. The van der Waals surface area contributed by atoms with Gasteiger partial charge < -0.3 is 21.1 Å². The highest BCUT2D eigenvalue weighted by molar-refractivity contribution is 5.92. The Hall–Kier alpha value is -2.24. The second kappa shape index (κ2) is 6.27. The predicted molar refractivity (Wildman–Crippen MR) is 76.5 cm³/mol. The third-order valence-corrected chi connectivity index (χ3v) is 3.19. The average Bonchev–Trinajstić information content (AvgIpc) is 2.83. The highest BCUT2D eigenvalue weighted by Gasteiger charge is 2.20. The van der Waals surface area contributed by atoms with E-state index in [1.54, 1.807) is 25.1 Å². The largest absolute Gasteiger partial charge is 0.462 e.